The molecule has 108 valence electrons. The third-order valence-corrected chi connectivity index (χ3v) is 4.87. The second kappa shape index (κ2) is 6.27. The molecule has 1 aliphatic carbocycles. The minimum Gasteiger partial charge on any atom is -0.388 e. The number of rotatable bonds is 4. The first kappa shape index (κ1) is 14.9. The predicted octanol–water partition coefficient (Wildman–Crippen LogP) is 4.78. The largest absolute Gasteiger partial charge is 0.389 e. The first-order valence-electron chi connectivity index (χ1n) is 6.82. The number of hydrogen-bond donors (Lipinski definition) is 1. The normalized spacial score (nSPS) is 17.9. The molecule has 1 nitrogen and oxygen atoms in total. The molecule has 1 aliphatic rings. The van der Waals surface area contributed by atoms with Gasteiger partial charge in [0.15, 0.2) is 0 Å². The van der Waals surface area contributed by atoms with Gasteiger partial charge in [-0.1, -0.05) is 6.42 Å². The maximum atomic E-state index is 12.1. The number of hydrogen-bond acceptors (Lipinski definition) is 2. The van der Waals surface area contributed by atoms with E-state index in [1.54, 1.807) is 11.3 Å². The molecule has 1 unspecified atom stereocenters. The number of halogens is 3. The van der Waals surface area contributed by atoms with Crippen molar-refractivity contribution in [3.05, 3.63) is 21.4 Å². The molecule has 0 saturated heterocycles. The Morgan fingerprint density at radius 2 is 1.95 bits per heavy atom. The van der Waals surface area contributed by atoms with Gasteiger partial charge in [0.25, 0.3) is 0 Å². The number of aliphatic hydroxyl groups is 1. The van der Waals surface area contributed by atoms with E-state index in [2.05, 4.69) is 0 Å². The van der Waals surface area contributed by atoms with Gasteiger partial charge >= 0.3 is 6.18 Å². The Bertz CT molecular complexity index is 388. The average Bonchev–Trinajstić information content (AvgIpc) is 2.59. The highest BCUT2D eigenvalue weighted by molar-refractivity contribution is 7.12. The lowest BCUT2D eigenvalue weighted by molar-refractivity contribution is -0.136. The highest BCUT2D eigenvalue weighted by atomic mass is 32.1. The van der Waals surface area contributed by atoms with Gasteiger partial charge in [0.05, 0.1) is 6.10 Å². The van der Waals surface area contributed by atoms with E-state index in [1.165, 1.54) is 29.7 Å². The van der Waals surface area contributed by atoms with E-state index < -0.39 is 18.7 Å². The first-order chi connectivity index (χ1) is 8.96. The molecule has 19 heavy (non-hydrogen) atoms. The first-order valence-corrected chi connectivity index (χ1v) is 7.63. The van der Waals surface area contributed by atoms with Crippen LogP contribution >= 0.6 is 11.3 Å². The summed E-state index contributed by atoms with van der Waals surface area (Å²) in [7, 11) is 0. The van der Waals surface area contributed by atoms with Gasteiger partial charge in [-0.25, -0.2) is 0 Å². The SMILES string of the molecule is OC(CCCC(F)(F)F)c1cc2c(s1)CCCCC2. The summed E-state index contributed by atoms with van der Waals surface area (Å²) in [4.78, 5) is 2.16. The summed E-state index contributed by atoms with van der Waals surface area (Å²) in [6.07, 6.45) is 0.207. The summed E-state index contributed by atoms with van der Waals surface area (Å²) in [5.74, 6) is 0. The lowest BCUT2D eigenvalue weighted by Crippen LogP contribution is -2.07. The van der Waals surface area contributed by atoms with E-state index in [1.807, 2.05) is 6.07 Å². The molecule has 0 radical (unpaired) electrons. The summed E-state index contributed by atoms with van der Waals surface area (Å²) in [6, 6.07) is 2.00. The van der Waals surface area contributed by atoms with Crippen LogP contribution in [0.5, 0.6) is 0 Å². The molecule has 0 aromatic carbocycles. The molecule has 1 heterocycles. The van der Waals surface area contributed by atoms with Crippen LogP contribution in [0.15, 0.2) is 6.07 Å². The van der Waals surface area contributed by atoms with Crippen molar-refractivity contribution >= 4 is 11.3 Å². The highest BCUT2D eigenvalue weighted by Crippen LogP contribution is 2.34. The zero-order valence-electron chi connectivity index (χ0n) is 10.8. The number of alkyl halides is 3. The number of aliphatic hydroxyl groups excluding tert-OH is 1. The Morgan fingerprint density at radius 1 is 1.21 bits per heavy atom. The van der Waals surface area contributed by atoms with E-state index in [0.29, 0.717) is 0 Å². The van der Waals surface area contributed by atoms with Gasteiger partial charge in [0, 0.05) is 16.2 Å². The Kier molecular flexibility index (Phi) is 4.90. The predicted molar refractivity (Wildman–Crippen MR) is 70.4 cm³/mol. The van der Waals surface area contributed by atoms with E-state index >= 15 is 0 Å². The topological polar surface area (TPSA) is 20.2 Å². The molecular formula is C14H19F3OS. The van der Waals surface area contributed by atoms with Crippen LogP contribution in [-0.2, 0) is 12.8 Å². The van der Waals surface area contributed by atoms with Crippen LogP contribution in [0.25, 0.3) is 0 Å². The summed E-state index contributed by atoms with van der Waals surface area (Å²) >= 11 is 1.58. The number of thiophene rings is 1. The molecule has 1 aromatic heterocycles. The second-order valence-corrected chi connectivity index (χ2v) is 6.35. The molecule has 5 heteroatoms. The second-order valence-electron chi connectivity index (χ2n) is 5.18. The van der Waals surface area contributed by atoms with E-state index in [9.17, 15) is 18.3 Å². The number of fused-ring (bicyclic) bond motifs is 1. The van der Waals surface area contributed by atoms with E-state index in [-0.39, 0.29) is 12.8 Å². The Morgan fingerprint density at radius 3 is 2.68 bits per heavy atom. The van der Waals surface area contributed by atoms with Gasteiger partial charge in [0.2, 0.25) is 0 Å². The van der Waals surface area contributed by atoms with Crippen molar-refractivity contribution in [2.75, 3.05) is 0 Å². The molecule has 0 fully saturated rings. The fourth-order valence-electron chi connectivity index (χ4n) is 2.49. The molecule has 1 aromatic rings. The molecule has 1 atom stereocenters. The average molecular weight is 292 g/mol. The van der Waals surface area contributed by atoms with Crippen molar-refractivity contribution < 1.29 is 18.3 Å². The summed E-state index contributed by atoms with van der Waals surface area (Å²) < 4.78 is 36.2. The minimum atomic E-state index is -4.12. The van der Waals surface area contributed by atoms with E-state index in [4.69, 9.17) is 0 Å². The number of aryl methyl sites for hydroxylation is 2. The molecule has 0 saturated carbocycles. The standard InChI is InChI=1S/C14H19F3OS/c15-14(16,17)8-4-6-11(18)13-9-10-5-2-1-3-7-12(10)19-13/h9,11,18H,1-8H2. The quantitative estimate of drug-likeness (QED) is 0.792. The Hall–Kier alpha value is -0.550. The van der Waals surface area contributed by atoms with Crippen molar-refractivity contribution in [3.8, 4) is 0 Å². The third-order valence-electron chi connectivity index (χ3n) is 3.53. The van der Waals surface area contributed by atoms with Crippen LogP contribution in [0.1, 0.15) is 59.9 Å². The third kappa shape index (κ3) is 4.49. The Balaban J connectivity index is 1.90. The monoisotopic (exact) mass is 292 g/mol. The fourth-order valence-corrected chi connectivity index (χ4v) is 3.77. The zero-order chi connectivity index (χ0) is 13.9. The van der Waals surface area contributed by atoms with Crippen molar-refractivity contribution in [3.63, 3.8) is 0 Å². The van der Waals surface area contributed by atoms with Gasteiger partial charge in [-0.3, -0.25) is 0 Å². The summed E-state index contributed by atoms with van der Waals surface area (Å²) in [5, 5.41) is 9.98. The van der Waals surface area contributed by atoms with Crippen molar-refractivity contribution in [2.24, 2.45) is 0 Å². The van der Waals surface area contributed by atoms with Gasteiger partial charge in [-0.2, -0.15) is 13.2 Å². The van der Waals surface area contributed by atoms with Gasteiger partial charge in [-0.05, 0) is 50.2 Å². The van der Waals surface area contributed by atoms with Crippen LogP contribution < -0.4 is 0 Å². The van der Waals surface area contributed by atoms with Crippen LogP contribution in [0.2, 0.25) is 0 Å². The van der Waals surface area contributed by atoms with Crippen LogP contribution in [0, 0.1) is 0 Å². The molecule has 2 rings (SSSR count). The molecule has 0 amide bonds. The smallest absolute Gasteiger partial charge is 0.388 e. The molecule has 1 N–H and O–H groups in total. The molecular weight excluding hydrogens is 273 g/mol. The maximum absolute atomic E-state index is 12.1. The van der Waals surface area contributed by atoms with E-state index in [0.717, 1.165) is 17.7 Å². The fraction of sp³-hybridized carbons (Fsp3) is 0.714. The molecule has 0 aliphatic heterocycles. The van der Waals surface area contributed by atoms with Gasteiger partial charge < -0.3 is 5.11 Å². The van der Waals surface area contributed by atoms with Crippen LogP contribution in [0.3, 0.4) is 0 Å². The molecule has 0 bridgehead atoms. The van der Waals surface area contributed by atoms with Gasteiger partial charge in [0.1, 0.15) is 0 Å². The maximum Gasteiger partial charge on any atom is 0.389 e. The van der Waals surface area contributed by atoms with Crippen LogP contribution in [0.4, 0.5) is 13.2 Å². The highest BCUT2D eigenvalue weighted by Gasteiger charge is 2.27. The van der Waals surface area contributed by atoms with Crippen molar-refractivity contribution in [1.82, 2.24) is 0 Å². The lowest BCUT2D eigenvalue weighted by Gasteiger charge is -2.10. The van der Waals surface area contributed by atoms with Crippen molar-refractivity contribution in [1.29, 1.82) is 0 Å². The van der Waals surface area contributed by atoms with Gasteiger partial charge in [-0.15, -0.1) is 11.3 Å². The minimum absolute atomic E-state index is 0.00671. The molecule has 0 spiro atoms. The van der Waals surface area contributed by atoms with Crippen LogP contribution in [-0.4, -0.2) is 11.3 Å². The Labute approximate surface area is 115 Å². The summed E-state index contributed by atoms with van der Waals surface area (Å²) in [5.41, 5.74) is 1.30. The lowest BCUT2D eigenvalue weighted by atomic mass is 10.1. The summed E-state index contributed by atoms with van der Waals surface area (Å²) in [6.45, 7) is 0. The zero-order valence-corrected chi connectivity index (χ0v) is 11.6. The van der Waals surface area contributed by atoms with Crippen molar-refractivity contribution in [2.45, 2.75) is 63.6 Å².